The molecular formula is C22H27BrN2O6. The Bertz CT molecular complexity index is 931. The normalized spacial score (nSPS) is 24.8. The molecule has 2 atom stereocenters. The van der Waals surface area contributed by atoms with Crippen LogP contribution in [0.25, 0.3) is 0 Å². The van der Waals surface area contributed by atoms with Gasteiger partial charge in [-0.3, -0.25) is 19.3 Å². The molecule has 168 valence electrons. The maximum atomic E-state index is 13.1. The number of hydrogen-bond donors (Lipinski definition) is 1. The van der Waals surface area contributed by atoms with Gasteiger partial charge in [0.25, 0.3) is 5.91 Å². The predicted octanol–water partition coefficient (Wildman–Crippen LogP) is 3.32. The highest BCUT2D eigenvalue weighted by molar-refractivity contribution is 9.10. The smallest absolute Gasteiger partial charge is 0.326 e. The Morgan fingerprint density at radius 1 is 1.26 bits per heavy atom. The fourth-order valence-corrected chi connectivity index (χ4v) is 5.43. The van der Waals surface area contributed by atoms with Crippen molar-refractivity contribution in [3.05, 3.63) is 28.2 Å². The number of halogens is 1. The van der Waals surface area contributed by atoms with Crippen LogP contribution in [0, 0.1) is 11.3 Å². The molecule has 1 spiro atoms. The van der Waals surface area contributed by atoms with Gasteiger partial charge in [0.1, 0.15) is 17.8 Å². The number of rotatable bonds is 6. The summed E-state index contributed by atoms with van der Waals surface area (Å²) in [5, 5.41) is 2.81. The second-order valence-electron chi connectivity index (χ2n) is 9.19. The topological polar surface area (TPSA) is 102 Å². The predicted molar refractivity (Wildman–Crippen MR) is 116 cm³/mol. The van der Waals surface area contributed by atoms with E-state index in [9.17, 15) is 19.2 Å². The second kappa shape index (κ2) is 8.61. The molecule has 1 heterocycles. The molecule has 1 aromatic carbocycles. The van der Waals surface area contributed by atoms with Crippen molar-refractivity contribution in [2.75, 3.05) is 20.3 Å². The van der Waals surface area contributed by atoms with Gasteiger partial charge in [-0.1, -0.05) is 20.8 Å². The number of nitrogens with one attached hydrogen (secondary N) is 1. The van der Waals surface area contributed by atoms with Gasteiger partial charge in [-0.2, -0.15) is 0 Å². The van der Waals surface area contributed by atoms with E-state index in [4.69, 9.17) is 9.47 Å². The van der Waals surface area contributed by atoms with Gasteiger partial charge in [-0.25, -0.2) is 4.79 Å². The average Bonchev–Trinajstić information content (AvgIpc) is 2.87. The first-order chi connectivity index (χ1) is 14.5. The Kier molecular flexibility index (Phi) is 6.45. The van der Waals surface area contributed by atoms with Crippen LogP contribution < -0.4 is 10.1 Å². The van der Waals surface area contributed by atoms with Crippen molar-refractivity contribution in [1.29, 1.82) is 0 Å². The number of methoxy groups -OCH3 is 1. The van der Waals surface area contributed by atoms with Crippen molar-refractivity contribution in [2.24, 2.45) is 11.3 Å². The monoisotopic (exact) mass is 494 g/mol. The zero-order valence-corrected chi connectivity index (χ0v) is 19.7. The Morgan fingerprint density at radius 3 is 2.58 bits per heavy atom. The first kappa shape index (κ1) is 23.2. The molecule has 0 aromatic heterocycles. The number of amides is 3. The third-order valence-electron chi connectivity index (χ3n) is 5.75. The molecule has 1 aromatic rings. The van der Waals surface area contributed by atoms with Gasteiger partial charge in [-0.15, -0.1) is 0 Å². The fraction of sp³-hybridized carbons (Fsp3) is 0.545. The summed E-state index contributed by atoms with van der Waals surface area (Å²) in [6.07, 6.45) is 2.02. The Hall–Kier alpha value is -2.42. The molecule has 2 unspecified atom stereocenters. The first-order valence-corrected chi connectivity index (χ1v) is 10.9. The van der Waals surface area contributed by atoms with Crippen molar-refractivity contribution in [3.63, 3.8) is 0 Å². The van der Waals surface area contributed by atoms with Crippen molar-refractivity contribution in [1.82, 2.24) is 10.2 Å². The number of ether oxygens (including phenoxy) is 2. The zero-order chi connectivity index (χ0) is 23.0. The van der Waals surface area contributed by atoms with Gasteiger partial charge in [0.2, 0.25) is 0 Å². The van der Waals surface area contributed by atoms with Gasteiger partial charge >= 0.3 is 12.0 Å². The standard InChI is InChI=1S/C22H27BrN2O6/c1-13-8-21(2,3)12-22(9-13)19(28)25(20(29)24-22)10-18(27)31-11-16(26)14-5-6-17(30-4)15(23)7-14/h5-7,13H,8-12H2,1-4H3,(H,24,29). The third-order valence-corrected chi connectivity index (χ3v) is 6.37. The molecule has 3 amide bonds. The van der Waals surface area contributed by atoms with Crippen LogP contribution in [0.15, 0.2) is 22.7 Å². The van der Waals surface area contributed by atoms with Crippen molar-refractivity contribution in [3.8, 4) is 5.75 Å². The number of carbonyl (C=O) groups is 4. The highest BCUT2D eigenvalue weighted by atomic mass is 79.9. The number of carbonyl (C=O) groups excluding carboxylic acids is 4. The number of nitrogens with zero attached hydrogens (tertiary/aromatic N) is 1. The van der Waals surface area contributed by atoms with Crippen molar-refractivity contribution < 1.29 is 28.7 Å². The van der Waals surface area contributed by atoms with E-state index in [0.717, 1.165) is 11.3 Å². The average molecular weight is 495 g/mol. The summed E-state index contributed by atoms with van der Waals surface area (Å²) in [6.45, 7) is 5.19. The van der Waals surface area contributed by atoms with Crippen LogP contribution in [0.2, 0.25) is 0 Å². The maximum absolute atomic E-state index is 13.1. The molecule has 0 radical (unpaired) electrons. The van der Waals surface area contributed by atoms with Crippen LogP contribution >= 0.6 is 15.9 Å². The lowest BCUT2D eigenvalue weighted by atomic mass is 9.64. The molecule has 1 aliphatic heterocycles. The van der Waals surface area contributed by atoms with Gasteiger partial charge in [0.05, 0.1) is 11.6 Å². The van der Waals surface area contributed by atoms with Crippen LogP contribution in [0.1, 0.15) is 50.4 Å². The minimum absolute atomic E-state index is 0.101. The van der Waals surface area contributed by atoms with Crippen LogP contribution in [0.3, 0.4) is 0 Å². The van der Waals surface area contributed by atoms with Crippen LogP contribution in [-0.4, -0.2) is 54.4 Å². The Morgan fingerprint density at radius 2 is 1.97 bits per heavy atom. The SMILES string of the molecule is COc1ccc(C(=O)COC(=O)CN2C(=O)NC3(CC(C)CC(C)(C)C3)C2=O)cc1Br. The van der Waals surface area contributed by atoms with E-state index in [-0.39, 0.29) is 11.3 Å². The highest BCUT2D eigenvalue weighted by Crippen LogP contribution is 2.46. The summed E-state index contributed by atoms with van der Waals surface area (Å²) in [5.74, 6) is -0.792. The lowest BCUT2D eigenvalue weighted by molar-refractivity contribution is -0.147. The first-order valence-electron chi connectivity index (χ1n) is 10.1. The zero-order valence-electron chi connectivity index (χ0n) is 18.1. The van der Waals surface area contributed by atoms with Crippen molar-refractivity contribution >= 4 is 39.6 Å². The quantitative estimate of drug-likeness (QED) is 0.369. The molecular weight excluding hydrogens is 468 g/mol. The van der Waals surface area contributed by atoms with Crippen LogP contribution in [-0.2, 0) is 14.3 Å². The molecule has 2 fully saturated rings. The van der Waals surface area contributed by atoms with Gasteiger partial charge in [-0.05, 0) is 64.7 Å². The summed E-state index contributed by atoms with van der Waals surface area (Å²) in [7, 11) is 1.51. The molecule has 1 N–H and O–H groups in total. The number of esters is 1. The molecule has 31 heavy (non-hydrogen) atoms. The largest absolute Gasteiger partial charge is 0.496 e. The number of urea groups is 1. The number of imide groups is 1. The lowest BCUT2D eigenvalue weighted by Crippen LogP contribution is -2.54. The molecule has 1 aliphatic carbocycles. The number of ketones is 1. The van der Waals surface area contributed by atoms with Gasteiger partial charge < -0.3 is 14.8 Å². The van der Waals surface area contributed by atoms with E-state index in [1.54, 1.807) is 18.2 Å². The maximum Gasteiger partial charge on any atom is 0.326 e. The molecule has 3 rings (SSSR count). The van der Waals surface area contributed by atoms with E-state index < -0.39 is 42.4 Å². The number of benzene rings is 1. The van der Waals surface area contributed by atoms with Crippen LogP contribution in [0.5, 0.6) is 5.75 Å². The summed E-state index contributed by atoms with van der Waals surface area (Å²) in [5.41, 5.74) is -0.743. The summed E-state index contributed by atoms with van der Waals surface area (Å²) in [4.78, 5) is 51.0. The minimum atomic E-state index is -0.982. The van der Waals surface area contributed by atoms with E-state index in [0.29, 0.717) is 28.6 Å². The molecule has 0 bridgehead atoms. The molecule has 2 aliphatic rings. The Labute approximate surface area is 189 Å². The lowest BCUT2D eigenvalue weighted by Gasteiger charge is -2.43. The summed E-state index contributed by atoms with van der Waals surface area (Å²) < 4.78 is 10.8. The summed E-state index contributed by atoms with van der Waals surface area (Å²) in [6, 6.07) is 4.16. The van der Waals surface area contributed by atoms with E-state index in [2.05, 4.69) is 42.0 Å². The fourth-order valence-electron chi connectivity index (χ4n) is 4.89. The molecule has 1 saturated carbocycles. The summed E-state index contributed by atoms with van der Waals surface area (Å²) >= 11 is 3.30. The van der Waals surface area contributed by atoms with Gasteiger partial charge in [0.15, 0.2) is 12.4 Å². The second-order valence-corrected chi connectivity index (χ2v) is 10.0. The number of Topliss-reactive ketones (excluding diaryl/α,β-unsaturated/α-hetero) is 1. The van der Waals surface area contributed by atoms with E-state index >= 15 is 0 Å². The third kappa shape index (κ3) is 4.92. The number of hydrogen-bond acceptors (Lipinski definition) is 6. The Balaban J connectivity index is 1.60. The van der Waals surface area contributed by atoms with Crippen molar-refractivity contribution in [2.45, 2.75) is 45.6 Å². The molecule has 8 nitrogen and oxygen atoms in total. The highest BCUT2D eigenvalue weighted by Gasteiger charge is 2.56. The minimum Gasteiger partial charge on any atom is -0.496 e. The molecule has 1 saturated heterocycles. The molecule has 9 heteroatoms. The van der Waals surface area contributed by atoms with Gasteiger partial charge in [0, 0.05) is 5.56 Å². The van der Waals surface area contributed by atoms with E-state index in [1.807, 2.05) is 0 Å². The van der Waals surface area contributed by atoms with Crippen LogP contribution in [0.4, 0.5) is 4.79 Å². The van der Waals surface area contributed by atoms with E-state index in [1.165, 1.54) is 7.11 Å².